The lowest BCUT2D eigenvalue weighted by molar-refractivity contribution is 0.315. The molecule has 2 rings (SSSR count). The molecule has 1 saturated heterocycles. The van der Waals surface area contributed by atoms with Gasteiger partial charge in [0.1, 0.15) is 17.5 Å². The number of aromatic nitrogens is 2. The molecule has 1 atom stereocenters. The first-order valence-electron chi connectivity index (χ1n) is 7.30. The number of hydrogen-bond donors (Lipinski definition) is 1. The summed E-state index contributed by atoms with van der Waals surface area (Å²) in [6.45, 7) is 8.55. The maximum Gasteiger partial charge on any atom is 0.138 e. The van der Waals surface area contributed by atoms with Crippen LogP contribution in [0.25, 0.3) is 0 Å². The number of likely N-dealkylation sites (N-methyl/N-ethyl adjacent to an activating group) is 1. The van der Waals surface area contributed by atoms with E-state index in [9.17, 15) is 0 Å². The zero-order valence-corrected chi connectivity index (χ0v) is 13.6. The predicted octanol–water partition coefficient (Wildman–Crippen LogP) is 1.96. The minimum atomic E-state index is -0.0394. The zero-order valence-electron chi connectivity index (χ0n) is 13.6. The Morgan fingerprint density at radius 2 is 2.00 bits per heavy atom. The summed E-state index contributed by atoms with van der Waals surface area (Å²) < 4.78 is 0. The Morgan fingerprint density at radius 1 is 1.30 bits per heavy atom. The van der Waals surface area contributed by atoms with Gasteiger partial charge >= 0.3 is 0 Å². The summed E-state index contributed by atoms with van der Waals surface area (Å²) in [4.78, 5) is 14.0. The fourth-order valence-corrected chi connectivity index (χ4v) is 2.43. The number of rotatable bonds is 3. The lowest BCUT2D eigenvalue weighted by atomic mass is 9.96. The molecule has 1 aromatic heterocycles. The van der Waals surface area contributed by atoms with Crippen LogP contribution in [0.1, 0.15) is 33.0 Å². The monoisotopic (exact) mass is 277 g/mol. The van der Waals surface area contributed by atoms with Gasteiger partial charge in [-0.1, -0.05) is 20.8 Å². The summed E-state index contributed by atoms with van der Waals surface area (Å²) in [6, 6.07) is 2.66. The Hall–Kier alpha value is -1.36. The third kappa shape index (κ3) is 3.20. The summed E-state index contributed by atoms with van der Waals surface area (Å²) in [5, 5.41) is 3.15. The molecule has 20 heavy (non-hydrogen) atoms. The SMILES string of the molecule is CNc1cc(N2CCC(N(C)C)C2)nc(C(C)(C)C)n1. The maximum atomic E-state index is 4.78. The average Bonchev–Trinajstić information content (AvgIpc) is 2.87. The molecule has 1 fully saturated rings. The van der Waals surface area contributed by atoms with Crippen LogP contribution in [0.2, 0.25) is 0 Å². The lowest BCUT2D eigenvalue weighted by Crippen LogP contribution is -2.32. The van der Waals surface area contributed by atoms with Crippen molar-refractivity contribution in [1.29, 1.82) is 0 Å². The van der Waals surface area contributed by atoms with Crippen LogP contribution in [0.15, 0.2) is 6.07 Å². The molecule has 5 heteroatoms. The van der Waals surface area contributed by atoms with Crippen LogP contribution < -0.4 is 10.2 Å². The van der Waals surface area contributed by atoms with E-state index in [1.807, 2.05) is 13.1 Å². The number of nitrogens with one attached hydrogen (secondary N) is 1. The van der Waals surface area contributed by atoms with Gasteiger partial charge in [0.2, 0.25) is 0 Å². The minimum Gasteiger partial charge on any atom is -0.373 e. The Labute approximate surface area is 122 Å². The van der Waals surface area contributed by atoms with E-state index in [4.69, 9.17) is 4.98 Å². The van der Waals surface area contributed by atoms with Crippen molar-refractivity contribution in [2.75, 3.05) is 44.4 Å². The highest BCUT2D eigenvalue weighted by molar-refractivity contribution is 5.50. The largest absolute Gasteiger partial charge is 0.373 e. The first-order valence-corrected chi connectivity index (χ1v) is 7.30. The molecular weight excluding hydrogens is 250 g/mol. The molecule has 1 unspecified atom stereocenters. The Morgan fingerprint density at radius 3 is 2.50 bits per heavy atom. The van der Waals surface area contributed by atoms with E-state index in [1.165, 1.54) is 6.42 Å². The van der Waals surface area contributed by atoms with Crippen molar-refractivity contribution in [2.45, 2.75) is 38.6 Å². The molecule has 112 valence electrons. The van der Waals surface area contributed by atoms with Gasteiger partial charge in [-0.05, 0) is 20.5 Å². The molecular formula is C15H27N5. The number of nitrogens with zero attached hydrogens (tertiary/aromatic N) is 4. The van der Waals surface area contributed by atoms with Gasteiger partial charge in [-0.15, -0.1) is 0 Å². The van der Waals surface area contributed by atoms with E-state index in [0.717, 1.165) is 30.5 Å². The molecule has 5 nitrogen and oxygen atoms in total. The van der Waals surface area contributed by atoms with Gasteiger partial charge in [0.15, 0.2) is 0 Å². The second-order valence-corrected chi connectivity index (χ2v) is 6.79. The first kappa shape index (κ1) is 15.0. The molecule has 0 radical (unpaired) electrons. The third-order valence-electron chi connectivity index (χ3n) is 3.86. The summed E-state index contributed by atoms with van der Waals surface area (Å²) >= 11 is 0. The van der Waals surface area contributed by atoms with Gasteiger partial charge in [-0.3, -0.25) is 0 Å². The zero-order chi connectivity index (χ0) is 14.9. The Balaban J connectivity index is 2.28. The highest BCUT2D eigenvalue weighted by atomic mass is 15.3. The summed E-state index contributed by atoms with van der Waals surface area (Å²) in [5.74, 6) is 2.83. The number of anilines is 2. The van der Waals surface area contributed by atoms with Crippen LogP contribution >= 0.6 is 0 Å². The van der Waals surface area contributed by atoms with Crippen LogP contribution in [-0.4, -0.2) is 55.1 Å². The van der Waals surface area contributed by atoms with Crippen molar-refractivity contribution < 1.29 is 0 Å². The fraction of sp³-hybridized carbons (Fsp3) is 0.733. The van der Waals surface area contributed by atoms with Gasteiger partial charge in [-0.2, -0.15) is 0 Å². The minimum absolute atomic E-state index is 0.0394. The molecule has 2 heterocycles. The Kier molecular flexibility index (Phi) is 4.18. The van der Waals surface area contributed by atoms with E-state index >= 15 is 0 Å². The number of hydrogen-bond acceptors (Lipinski definition) is 5. The van der Waals surface area contributed by atoms with Crippen LogP contribution in [0, 0.1) is 0 Å². The van der Waals surface area contributed by atoms with Gasteiger partial charge in [0, 0.05) is 37.7 Å². The van der Waals surface area contributed by atoms with Crippen molar-refractivity contribution in [1.82, 2.24) is 14.9 Å². The van der Waals surface area contributed by atoms with Gasteiger partial charge < -0.3 is 15.1 Å². The summed E-state index contributed by atoms with van der Waals surface area (Å²) in [5.41, 5.74) is -0.0394. The van der Waals surface area contributed by atoms with E-state index in [2.05, 4.69) is 55.0 Å². The second kappa shape index (κ2) is 5.56. The van der Waals surface area contributed by atoms with E-state index in [-0.39, 0.29) is 5.41 Å². The van der Waals surface area contributed by atoms with E-state index in [1.54, 1.807) is 0 Å². The third-order valence-corrected chi connectivity index (χ3v) is 3.86. The highest BCUT2D eigenvalue weighted by Gasteiger charge is 2.27. The van der Waals surface area contributed by atoms with Gasteiger partial charge in [0.05, 0.1) is 0 Å². The molecule has 0 bridgehead atoms. The summed E-state index contributed by atoms with van der Waals surface area (Å²) in [6.07, 6.45) is 1.19. The Bertz CT molecular complexity index is 464. The van der Waals surface area contributed by atoms with Crippen molar-refractivity contribution in [3.05, 3.63) is 11.9 Å². The van der Waals surface area contributed by atoms with Crippen LogP contribution in [0.5, 0.6) is 0 Å². The molecule has 1 N–H and O–H groups in total. The topological polar surface area (TPSA) is 44.3 Å². The quantitative estimate of drug-likeness (QED) is 0.915. The van der Waals surface area contributed by atoms with Crippen molar-refractivity contribution in [3.8, 4) is 0 Å². The van der Waals surface area contributed by atoms with E-state index in [0.29, 0.717) is 6.04 Å². The molecule has 0 aliphatic carbocycles. The fourth-order valence-electron chi connectivity index (χ4n) is 2.43. The average molecular weight is 277 g/mol. The van der Waals surface area contributed by atoms with Gasteiger partial charge in [-0.25, -0.2) is 9.97 Å². The van der Waals surface area contributed by atoms with Crippen LogP contribution in [-0.2, 0) is 5.41 Å². The van der Waals surface area contributed by atoms with Crippen molar-refractivity contribution >= 4 is 11.6 Å². The normalized spacial score (nSPS) is 19.8. The standard InChI is InChI=1S/C15H27N5/c1-15(2,3)14-17-12(16-4)9-13(18-14)20-8-7-11(10-20)19(5)6/h9,11H,7-8,10H2,1-6H3,(H,16,17,18). The summed E-state index contributed by atoms with van der Waals surface area (Å²) in [7, 11) is 6.20. The second-order valence-electron chi connectivity index (χ2n) is 6.79. The van der Waals surface area contributed by atoms with E-state index < -0.39 is 0 Å². The first-order chi connectivity index (χ1) is 9.31. The van der Waals surface area contributed by atoms with Crippen LogP contribution in [0.4, 0.5) is 11.6 Å². The molecule has 1 aliphatic heterocycles. The highest BCUT2D eigenvalue weighted by Crippen LogP contribution is 2.26. The maximum absolute atomic E-state index is 4.78. The molecule has 0 aromatic carbocycles. The molecule has 1 aliphatic rings. The molecule has 0 spiro atoms. The predicted molar refractivity (Wildman–Crippen MR) is 84.6 cm³/mol. The molecule has 1 aromatic rings. The smallest absolute Gasteiger partial charge is 0.138 e. The lowest BCUT2D eigenvalue weighted by Gasteiger charge is -2.24. The van der Waals surface area contributed by atoms with Crippen molar-refractivity contribution in [3.63, 3.8) is 0 Å². The molecule has 0 amide bonds. The van der Waals surface area contributed by atoms with Crippen molar-refractivity contribution in [2.24, 2.45) is 0 Å². The van der Waals surface area contributed by atoms with Crippen LogP contribution in [0.3, 0.4) is 0 Å². The molecule has 0 saturated carbocycles. The van der Waals surface area contributed by atoms with Gasteiger partial charge in [0.25, 0.3) is 0 Å².